The Morgan fingerprint density at radius 3 is 1.28 bits per heavy atom. The van der Waals surface area contributed by atoms with E-state index in [-0.39, 0.29) is 0 Å². The van der Waals surface area contributed by atoms with Crippen molar-refractivity contribution >= 4 is 10.8 Å². The second kappa shape index (κ2) is 14.3. The zero-order valence-electron chi connectivity index (χ0n) is 29.3. The van der Waals surface area contributed by atoms with E-state index in [1.165, 1.54) is 33.0 Å². The first kappa shape index (κ1) is 32.4. The lowest BCUT2D eigenvalue weighted by molar-refractivity contribution is 1.07. The molecule has 0 saturated heterocycles. The second-order valence-corrected chi connectivity index (χ2v) is 13.2. The van der Waals surface area contributed by atoms with Crippen LogP contribution in [0.5, 0.6) is 0 Å². The SMILES string of the molecule is N#Cc1ccc(-c2nc(-c3ccc(-c4ccccc4)cc3)nc(-c3ccc(-c4cccc(-c5ccccc5)c4-c4ccc5ccccc5c4)cc3)n2)cc1. The van der Waals surface area contributed by atoms with Crippen LogP contribution < -0.4 is 0 Å². The predicted octanol–water partition coefficient (Wildman–Crippen LogP) is 12.6. The molecule has 0 aliphatic rings. The molecule has 54 heavy (non-hydrogen) atoms. The smallest absolute Gasteiger partial charge is 0.164 e. The molecule has 252 valence electrons. The van der Waals surface area contributed by atoms with Gasteiger partial charge in [-0.05, 0) is 85.6 Å². The van der Waals surface area contributed by atoms with Crippen molar-refractivity contribution in [2.45, 2.75) is 0 Å². The minimum atomic E-state index is 0.546. The number of nitriles is 1. The number of nitrogens with zero attached hydrogens (tertiary/aromatic N) is 4. The summed E-state index contributed by atoms with van der Waals surface area (Å²) >= 11 is 0. The minimum Gasteiger partial charge on any atom is -0.208 e. The summed E-state index contributed by atoms with van der Waals surface area (Å²) in [7, 11) is 0. The second-order valence-electron chi connectivity index (χ2n) is 13.2. The van der Waals surface area contributed by atoms with Gasteiger partial charge in [0.1, 0.15) is 0 Å². The molecule has 0 radical (unpaired) electrons. The Morgan fingerprint density at radius 1 is 0.315 bits per heavy atom. The molecule has 8 aromatic carbocycles. The van der Waals surface area contributed by atoms with Crippen molar-refractivity contribution in [1.82, 2.24) is 15.0 Å². The monoisotopic (exact) mass is 688 g/mol. The minimum absolute atomic E-state index is 0.546. The van der Waals surface area contributed by atoms with Crippen LogP contribution in [0.4, 0.5) is 0 Å². The maximum Gasteiger partial charge on any atom is 0.164 e. The van der Waals surface area contributed by atoms with Gasteiger partial charge in [0.15, 0.2) is 17.5 Å². The summed E-state index contributed by atoms with van der Waals surface area (Å²) in [4.78, 5) is 14.9. The number of hydrogen-bond acceptors (Lipinski definition) is 4. The van der Waals surface area contributed by atoms with Crippen molar-refractivity contribution in [3.05, 3.63) is 200 Å². The van der Waals surface area contributed by atoms with Gasteiger partial charge in [0, 0.05) is 16.7 Å². The lowest BCUT2D eigenvalue weighted by Gasteiger charge is -2.17. The van der Waals surface area contributed by atoms with Gasteiger partial charge in [-0.25, -0.2) is 15.0 Å². The highest BCUT2D eigenvalue weighted by molar-refractivity contribution is 5.98. The van der Waals surface area contributed by atoms with E-state index in [9.17, 15) is 5.26 Å². The average molecular weight is 689 g/mol. The van der Waals surface area contributed by atoms with Gasteiger partial charge in [-0.3, -0.25) is 0 Å². The van der Waals surface area contributed by atoms with Crippen molar-refractivity contribution in [2.24, 2.45) is 0 Å². The quantitative estimate of drug-likeness (QED) is 0.167. The molecule has 0 bridgehead atoms. The van der Waals surface area contributed by atoms with Crippen molar-refractivity contribution in [3.8, 4) is 84.7 Å². The Hall–Kier alpha value is -7.48. The summed E-state index contributed by atoms with van der Waals surface area (Å²) in [5.74, 6) is 1.70. The molecule has 0 amide bonds. The predicted molar refractivity (Wildman–Crippen MR) is 220 cm³/mol. The number of rotatable bonds is 7. The number of hydrogen-bond donors (Lipinski definition) is 0. The third-order valence-corrected chi connectivity index (χ3v) is 9.80. The standard InChI is InChI=1S/C50H32N4/c51-33-34-18-20-40(21-19-34)48-52-49(41-27-22-37(23-28-41)35-10-3-1-4-11-35)54-50(53-48)42-29-25-39(26-30-42)46-17-9-16-45(38-13-5-2-6-14-38)47(46)44-31-24-36-12-7-8-15-43(36)32-44/h1-32H. The average Bonchev–Trinajstić information content (AvgIpc) is 3.26. The first-order valence-electron chi connectivity index (χ1n) is 17.9. The normalized spacial score (nSPS) is 10.9. The fourth-order valence-electron chi connectivity index (χ4n) is 7.01. The zero-order valence-corrected chi connectivity index (χ0v) is 29.3. The molecule has 0 atom stereocenters. The summed E-state index contributed by atoms with van der Waals surface area (Å²) in [5, 5.41) is 11.8. The zero-order chi connectivity index (χ0) is 36.3. The fourth-order valence-corrected chi connectivity index (χ4v) is 7.01. The maximum absolute atomic E-state index is 9.40. The molecule has 4 heteroatoms. The van der Waals surface area contributed by atoms with Crippen LogP contribution in [0.1, 0.15) is 5.56 Å². The summed E-state index contributed by atoms with van der Waals surface area (Å²) in [5.41, 5.74) is 12.4. The molecule has 0 N–H and O–H groups in total. The van der Waals surface area contributed by atoms with E-state index in [1.54, 1.807) is 12.1 Å². The van der Waals surface area contributed by atoms with Crippen LogP contribution >= 0.6 is 0 Å². The van der Waals surface area contributed by atoms with E-state index < -0.39 is 0 Å². The van der Waals surface area contributed by atoms with E-state index >= 15 is 0 Å². The van der Waals surface area contributed by atoms with Gasteiger partial charge in [-0.1, -0.05) is 164 Å². The van der Waals surface area contributed by atoms with Crippen LogP contribution in [-0.4, -0.2) is 15.0 Å². The van der Waals surface area contributed by atoms with Gasteiger partial charge >= 0.3 is 0 Å². The molecule has 1 aromatic heterocycles. The fraction of sp³-hybridized carbons (Fsp3) is 0. The highest BCUT2D eigenvalue weighted by Crippen LogP contribution is 2.41. The van der Waals surface area contributed by atoms with Crippen molar-refractivity contribution in [1.29, 1.82) is 5.26 Å². The molecule has 0 fully saturated rings. The Labute approximate surface area is 314 Å². The Morgan fingerprint density at radius 2 is 0.722 bits per heavy atom. The van der Waals surface area contributed by atoms with Crippen molar-refractivity contribution < 1.29 is 0 Å². The van der Waals surface area contributed by atoms with E-state index in [1.807, 2.05) is 30.3 Å². The van der Waals surface area contributed by atoms with Gasteiger partial charge in [-0.15, -0.1) is 0 Å². The Balaban J connectivity index is 1.14. The molecule has 9 rings (SSSR count). The van der Waals surface area contributed by atoms with E-state index in [4.69, 9.17) is 15.0 Å². The molecular weight excluding hydrogens is 657 g/mol. The van der Waals surface area contributed by atoms with Gasteiger partial charge in [0.25, 0.3) is 0 Å². The van der Waals surface area contributed by atoms with Crippen LogP contribution in [0.15, 0.2) is 194 Å². The number of fused-ring (bicyclic) bond motifs is 1. The van der Waals surface area contributed by atoms with Gasteiger partial charge in [0.05, 0.1) is 11.6 Å². The molecule has 0 saturated carbocycles. The van der Waals surface area contributed by atoms with Crippen LogP contribution in [0, 0.1) is 11.3 Å². The molecule has 0 aliphatic heterocycles. The van der Waals surface area contributed by atoms with Gasteiger partial charge in [-0.2, -0.15) is 5.26 Å². The van der Waals surface area contributed by atoms with Crippen molar-refractivity contribution in [3.63, 3.8) is 0 Å². The number of benzene rings is 8. The summed E-state index contributed by atoms with van der Waals surface area (Å²) in [6.07, 6.45) is 0. The molecule has 1 heterocycles. The lowest BCUT2D eigenvalue weighted by atomic mass is 9.87. The molecule has 0 spiro atoms. The highest BCUT2D eigenvalue weighted by Gasteiger charge is 2.17. The third-order valence-electron chi connectivity index (χ3n) is 9.80. The van der Waals surface area contributed by atoms with E-state index in [2.05, 4.69) is 158 Å². The molecule has 0 unspecified atom stereocenters. The van der Waals surface area contributed by atoms with Crippen LogP contribution in [-0.2, 0) is 0 Å². The number of aromatic nitrogens is 3. The van der Waals surface area contributed by atoms with E-state index in [0.717, 1.165) is 38.9 Å². The molecular formula is C50H32N4. The topological polar surface area (TPSA) is 62.5 Å². The third kappa shape index (κ3) is 6.43. The van der Waals surface area contributed by atoms with E-state index in [0.29, 0.717) is 23.0 Å². The first-order valence-corrected chi connectivity index (χ1v) is 17.9. The first-order chi connectivity index (χ1) is 26.7. The van der Waals surface area contributed by atoms with Crippen molar-refractivity contribution in [2.75, 3.05) is 0 Å². The lowest BCUT2D eigenvalue weighted by Crippen LogP contribution is -2.00. The molecule has 9 aromatic rings. The molecule has 0 aliphatic carbocycles. The van der Waals surface area contributed by atoms with Crippen LogP contribution in [0.2, 0.25) is 0 Å². The van der Waals surface area contributed by atoms with Crippen LogP contribution in [0.3, 0.4) is 0 Å². The Bertz CT molecular complexity index is 2790. The van der Waals surface area contributed by atoms with Gasteiger partial charge in [0.2, 0.25) is 0 Å². The summed E-state index contributed by atoms with van der Waals surface area (Å²) in [6, 6.07) is 69.0. The highest BCUT2D eigenvalue weighted by atomic mass is 15.0. The van der Waals surface area contributed by atoms with Gasteiger partial charge < -0.3 is 0 Å². The summed E-state index contributed by atoms with van der Waals surface area (Å²) in [6.45, 7) is 0. The largest absolute Gasteiger partial charge is 0.208 e. The van der Waals surface area contributed by atoms with Crippen LogP contribution in [0.25, 0.3) is 89.4 Å². The Kier molecular flexibility index (Phi) is 8.57. The summed E-state index contributed by atoms with van der Waals surface area (Å²) < 4.78 is 0. The molecule has 4 nitrogen and oxygen atoms in total. The maximum atomic E-state index is 9.40.